The molecule has 1 rings (SSSR count). The number of sulfone groups is 1. The summed E-state index contributed by atoms with van der Waals surface area (Å²) >= 11 is 2.77. The first-order valence-electron chi connectivity index (χ1n) is 5.75. The Morgan fingerprint density at radius 1 is 1.38 bits per heavy atom. The molecule has 0 saturated carbocycles. The molecule has 118 valence electrons. The van der Waals surface area contributed by atoms with Gasteiger partial charge in [-0.2, -0.15) is 13.2 Å². The lowest BCUT2D eigenvalue weighted by atomic mass is 10.1. The molecule has 21 heavy (non-hydrogen) atoms. The highest BCUT2D eigenvalue weighted by atomic mass is 79.9. The van der Waals surface area contributed by atoms with Gasteiger partial charge in [0.25, 0.3) is 5.91 Å². The van der Waals surface area contributed by atoms with Crippen LogP contribution in [0.5, 0.6) is 0 Å². The minimum absolute atomic E-state index is 0.171. The zero-order valence-corrected chi connectivity index (χ0v) is 13.6. The molecule has 0 radical (unpaired) electrons. The highest BCUT2D eigenvalue weighted by Gasteiger charge is 2.33. The summed E-state index contributed by atoms with van der Waals surface area (Å²) in [6, 6.07) is 2.36. The lowest BCUT2D eigenvalue weighted by molar-refractivity contribution is -0.138. The van der Waals surface area contributed by atoms with Crippen LogP contribution in [0.25, 0.3) is 0 Å². The number of hydrogen-bond acceptors (Lipinski definition) is 3. The van der Waals surface area contributed by atoms with E-state index in [4.69, 9.17) is 0 Å². The molecule has 9 heteroatoms. The average molecular weight is 388 g/mol. The standard InChI is InChI=1S/C12H13BrF3NO3S/c1-7(6-21(2,19)20)17-11(18)8-3-4-10(13)9(5-8)12(14,15)16/h3-5,7H,6H2,1-2H3,(H,17,18). The third kappa shape index (κ3) is 5.66. The molecule has 1 aromatic rings. The molecule has 0 aliphatic rings. The van der Waals surface area contributed by atoms with Gasteiger partial charge >= 0.3 is 6.18 Å². The van der Waals surface area contributed by atoms with Gasteiger partial charge in [-0.25, -0.2) is 8.42 Å². The molecule has 0 fully saturated rings. The number of nitrogens with one attached hydrogen (secondary N) is 1. The van der Waals surface area contributed by atoms with E-state index in [1.54, 1.807) is 0 Å². The van der Waals surface area contributed by atoms with E-state index in [1.165, 1.54) is 13.0 Å². The Morgan fingerprint density at radius 3 is 2.43 bits per heavy atom. The first kappa shape index (κ1) is 18.0. The van der Waals surface area contributed by atoms with E-state index in [2.05, 4.69) is 21.2 Å². The highest BCUT2D eigenvalue weighted by molar-refractivity contribution is 9.10. The fourth-order valence-corrected chi connectivity index (χ4v) is 3.15. The lowest BCUT2D eigenvalue weighted by Gasteiger charge is -2.14. The van der Waals surface area contributed by atoms with E-state index >= 15 is 0 Å². The third-order valence-corrected chi connectivity index (χ3v) is 4.26. The monoisotopic (exact) mass is 387 g/mol. The normalized spacial score (nSPS) is 13.8. The predicted molar refractivity (Wildman–Crippen MR) is 75.8 cm³/mol. The molecule has 1 amide bonds. The maximum Gasteiger partial charge on any atom is 0.417 e. The van der Waals surface area contributed by atoms with Gasteiger partial charge < -0.3 is 5.32 Å². The van der Waals surface area contributed by atoms with Crippen LogP contribution in [-0.4, -0.2) is 32.4 Å². The number of amides is 1. The van der Waals surface area contributed by atoms with Crippen LogP contribution < -0.4 is 5.32 Å². The Bertz CT molecular complexity index is 644. The quantitative estimate of drug-likeness (QED) is 0.863. The molecule has 0 spiro atoms. The Hall–Kier alpha value is -1.09. The van der Waals surface area contributed by atoms with Crippen LogP contribution in [0, 0.1) is 0 Å². The summed E-state index contributed by atoms with van der Waals surface area (Å²) in [5.74, 6) is -1.05. The van der Waals surface area contributed by atoms with Gasteiger partial charge in [0, 0.05) is 22.3 Å². The van der Waals surface area contributed by atoms with Crippen LogP contribution in [0.15, 0.2) is 22.7 Å². The second-order valence-electron chi connectivity index (χ2n) is 4.66. The van der Waals surface area contributed by atoms with Crippen molar-refractivity contribution in [3.63, 3.8) is 0 Å². The van der Waals surface area contributed by atoms with Crippen LogP contribution in [0.1, 0.15) is 22.8 Å². The Kier molecular flexibility index (Phi) is 5.43. The molecule has 0 bridgehead atoms. The van der Waals surface area contributed by atoms with Crippen LogP contribution in [-0.2, 0) is 16.0 Å². The largest absolute Gasteiger partial charge is 0.417 e. The average Bonchev–Trinajstić information content (AvgIpc) is 2.24. The van der Waals surface area contributed by atoms with Gasteiger partial charge in [-0.15, -0.1) is 0 Å². The van der Waals surface area contributed by atoms with Gasteiger partial charge in [-0.05, 0) is 25.1 Å². The molecule has 0 aliphatic heterocycles. The van der Waals surface area contributed by atoms with Crippen molar-refractivity contribution < 1.29 is 26.4 Å². The number of benzene rings is 1. The van der Waals surface area contributed by atoms with E-state index < -0.39 is 33.5 Å². The second kappa shape index (κ2) is 6.35. The van der Waals surface area contributed by atoms with Crippen LogP contribution in [0.2, 0.25) is 0 Å². The van der Waals surface area contributed by atoms with Gasteiger partial charge in [0.1, 0.15) is 9.84 Å². The first-order valence-corrected chi connectivity index (χ1v) is 8.61. The van der Waals surface area contributed by atoms with E-state index in [0.29, 0.717) is 6.07 Å². The lowest BCUT2D eigenvalue weighted by Crippen LogP contribution is -2.37. The minimum atomic E-state index is -4.59. The van der Waals surface area contributed by atoms with Crippen molar-refractivity contribution in [3.8, 4) is 0 Å². The Labute approximate surface area is 128 Å². The molecule has 1 atom stereocenters. The van der Waals surface area contributed by atoms with E-state index in [1.807, 2.05) is 0 Å². The first-order chi connectivity index (χ1) is 9.40. The molecule has 1 N–H and O–H groups in total. The predicted octanol–water partition coefficient (Wildman–Crippen LogP) is 2.63. The van der Waals surface area contributed by atoms with Gasteiger partial charge in [0.2, 0.25) is 0 Å². The summed E-state index contributed by atoms with van der Waals surface area (Å²) in [4.78, 5) is 11.8. The zero-order valence-electron chi connectivity index (χ0n) is 11.2. The van der Waals surface area contributed by atoms with Crippen molar-refractivity contribution in [1.29, 1.82) is 0 Å². The molecule has 1 unspecified atom stereocenters. The molecule has 0 aromatic heterocycles. The molecular weight excluding hydrogens is 375 g/mol. The third-order valence-electron chi connectivity index (χ3n) is 2.46. The fourth-order valence-electron chi connectivity index (χ4n) is 1.69. The molecule has 0 saturated heterocycles. The smallest absolute Gasteiger partial charge is 0.349 e. The fraction of sp³-hybridized carbons (Fsp3) is 0.417. The van der Waals surface area contributed by atoms with Crippen LogP contribution in [0.4, 0.5) is 13.2 Å². The van der Waals surface area contributed by atoms with E-state index in [0.717, 1.165) is 12.3 Å². The summed E-state index contributed by atoms with van der Waals surface area (Å²) in [5, 5.41) is 2.35. The van der Waals surface area contributed by atoms with Crippen molar-refractivity contribution in [2.75, 3.05) is 12.0 Å². The molecule has 0 heterocycles. The summed E-state index contributed by atoms with van der Waals surface area (Å²) < 4.78 is 60.2. The highest BCUT2D eigenvalue weighted by Crippen LogP contribution is 2.35. The van der Waals surface area contributed by atoms with Crippen molar-refractivity contribution >= 4 is 31.7 Å². The minimum Gasteiger partial charge on any atom is -0.349 e. The number of halogens is 4. The number of hydrogen-bond donors (Lipinski definition) is 1. The van der Waals surface area contributed by atoms with Gasteiger partial charge in [-0.3, -0.25) is 4.79 Å². The van der Waals surface area contributed by atoms with E-state index in [9.17, 15) is 26.4 Å². The number of carbonyl (C=O) groups is 1. The van der Waals surface area contributed by atoms with Crippen molar-refractivity contribution in [1.82, 2.24) is 5.32 Å². The topological polar surface area (TPSA) is 63.2 Å². The second-order valence-corrected chi connectivity index (χ2v) is 7.70. The zero-order chi connectivity index (χ0) is 16.4. The van der Waals surface area contributed by atoms with Crippen LogP contribution >= 0.6 is 15.9 Å². The molecular formula is C12H13BrF3NO3S. The molecule has 4 nitrogen and oxygen atoms in total. The van der Waals surface area contributed by atoms with Gasteiger partial charge in [-0.1, -0.05) is 15.9 Å². The number of carbonyl (C=O) groups excluding carboxylic acids is 1. The summed E-state index contributed by atoms with van der Waals surface area (Å²) in [6.07, 6.45) is -3.58. The van der Waals surface area contributed by atoms with E-state index in [-0.39, 0.29) is 15.8 Å². The number of alkyl halides is 3. The summed E-state index contributed by atoms with van der Waals surface area (Å²) in [7, 11) is -3.29. The maximum atomic E-state index is 12.7. The van der Waals surface area contributed by atoms with Crippen molar-refractivity contribution in [2.24, 2.45) is 0 Å². The van der Waals surface area contributed by atoms with Crippen molar-refractivity contribution in [3.05, 3.63) is 33.8 Å². The number of rotatable bonds is 4. The van der Waals surface area contributed by atoms with Gasteiger partial charge in [0.05, 0.1) is 11.3 Å². The summed E-state index contributed by atoms with van der Waals surface area (Å²) in [6.45, 7) is 1.46. The molecule has 0 aliphatic carbocycles. The SMILES string of the molecule is CC(CS(C)(=O)=O)NC(=O)c1ccc(Br)c(C(F)(F)F)c1. The Morgan fingerprint density at radius 2 is 1.95 bits per heavy atom. The van der Waals surface area contributed by atoms with Crippen molar-refractivity contribution in [2.45, 2.75) is 19.1 Å². The van der Waals surface area contributed by atoms with Gasteiger partial charge in [0.15, 0.2) is 0 Å². The summed E-state index contributed by atoms with van der Waals surface area (Å²) in [5.41, 5.74) is -1.16. The van der Waals surface area contributed by atoms with Crippen LogP contribution in [0.3, 0.4) is 0 Å². The maximum absolute atomic E-state index is 12.7. The Balaban J connectivity index is 2.94. The molecule has 1 aromatic carbocycles.